The Kier molecular flexibility index (Phi) is 4.02. The number of aromatic amines is 2. The summed E-state index contributed by atoms with van der Waals surface area (Å²) in [6.07, 6.45) is 5.96. The molecule has 1 aromatic carbocycles. The molecule has 0 aliphatic carbocycles. The van der Waals surface area contributed by atoms with Crippen molar-refractivity contribution in [2.24, 2.45) is 0 Å². The van der Waals surface area contributed by atoms with Crippen LogP contribution in [0.4, 0.5) is 4.39 Å². The number of fused-ring (bicyclic) bond motifs is 2. The van der Waals surface area contributed by atoms with Gasteiger partial charge in [0.1, 0.15) is 11.6 Å². The largest absolute Gasteiger partial charge is 0.361 e. The highest BCUT2D eigenvalue weighted by Gasteiger charge is 2.22. The van der Waals surface area contributed by atoms with E-state index in [0.717, 1.165) is 39.8 Å². The zero-order chi connectivity index (χ0) is 19.1. The van der Waals surface area contributed by atoms with E-state index < -0.39 is 0 Å². The van der Waals surface area contributed by atoms with Crippen LogP contribution in [0.1, 0.15) is 16.8 Å². The molecule has 2 N–H and O–H groups in total. The second kappa shape index (κ2) is 6.69. The molecule has 0 saturated heterocycles. The lowest BCUT2D eigenvalue weighted by Crippen LogP contribution is -2.35. The molecule has 3 aromatic heterocycles. The zero-order valence-electron chi connectivity index (χ0n) is 15.1. The smallest absolute Gasteiger partial charge is 0.254 e. The summed E-state index contributed by atoms with van der Waals surface area (Å²) < 4.78 is 13.4. The number of nitrogens with one attached hydrogen (secondary N) is 2. The van der Waals surface area contributed by atoms with Crippen LogP contribution >= 0.6 is 0 Å². The molecule has 1 aliphatic heterocycles. The second-order valence-electron chi connectivity index (χ2n) is 7.05. The molecule has 0 amide bonds. The van der Waals surface area contributed by atoms with Crippen LogP contribution in [0.3, 0.4) is 0 Å². The predicted octanol–water partition coefficient (Wildman–Crippen LogP) is 3.01. The Bertz CT molecular complexity index is 1210. The fraction of sp³-hybridized carbons (Fsp3) is 0.190. The average Bonchev–Trinajstić information content (AvgIpc) is 3.10. The van der Waals surface area contributed by atoms with Crippen molar-refractivity contribution in [2.45, 2.75) is 19.5 Å². The number of benzene rings is 1. The first-order valence-corrected chi connectivity index (χ1v) is 9.18. The van der Waals surface area contributed by atoms with Crippen molar-refractivity contribution in [3.8, 4) is 11.4 Å². The van der Waals surface area contributed by atoms with Crippen LogP contribution < -0.4 is 5.56 Å². The van der Waals surface area contributed by atoms with Crippen molar-refractivity contribution in [3.05, 3.63) is 81.9 Å². The van der Waals surface area contributed by atoms with Gasteiger partial charge in [0.15, 0.2) is 0 Å². The highest BCUT2D eigenvalue weighted by atomic mass is 19.1. The number of pyridine rings is 1. The summed E-state index contributed by atoms with van der Waals surface area (Å²) in [5, 5.41) is 1.02. The number of halogens is 1. The van der Waals surface area contributed by atoms with Gasteiger partial charge >= 0.3 is 0 Å². The van der Waals surface area contributed by atoms with E-state index in [1.54, 1.807) is 18.5 Å². The van der Waals surface area contributed by atoms with Gasteiger partial charge in [0.05, 0.1) is 5.69 Å². The average molecular weight is 375 g/mol. The molecule has 0 atom stereocenters. The summed E-state index contributed by atoms with van der Waals surface area (Å²) in [5.41, 5.74) is 4.17. The fourth-order valence-corrected chi connectivity index (χ4v) is 3.80. The van der Waals surface area contributed by atoms with Crippen LogP contribution in [0.5, 0.6) is 0 Å². The van der Waals surface area contributed by atoms with Crippen LogP contribution in [0.2, 0.25) is 0 Å². The van der Waals surface area contributed by atoms with Crippen molar-refractivity contribution < 1.29 is 4.39 Å². The van der Waals surface area contributed by atoms with Crippen molar-refractivity contribution >= 4 is 10.9 Å². The van der Waals surface area contributed by atoms with E-state index >= 15 is 0 Å². The van der Waals surface area contributed by atoms with Gasteiger partial charge in [-0.15, -0.1) is 0 Å². The van der Waals surface area contributed by atoms with E-state index in [1.807, 2.05) is 18.3 Å². The van der Waals surface area contributed by atoms with Crippen LogP contribution in [0, 0.1) is 5.82 Å². The summed E-state index contributed by atoms with van der Waals surface area (Å²) in [5.74, 6) is 0.292. The van der Waals surface area contributed by atoms with Gasteiger partial charge in [-0.25, -0.2) is 9.37 Å². The molecule has 7 heteroatoms. The molecule has 28 heavy (non-hydrogen) atoms. The lowest BCUT2D eigenvalue weighted by molar-refractivity contribution is 0.241. The van der Waals surface area contributed by atoms with Gasteiger partial charge in [0.25, 0.3) is 5.56 Å². The maximum Gasteiger partial charge on any atom is 0.254 e. The first-order valence-electron chi connectivity index (χ1n) is 9.18. The van der Waals surface area contributed by atoms with Crippen molar-refractivity contribution in [2.75, 3.05) is 6.54 Å². The number of rotatable bonds is 3. The van der Waals surface area contributed by atoms with Gasteiger partial charge in [-0.1, -0.05) is 0 Å². The highest BCUT2D eigenvalue weighted by Crippen LogP contribution is 2.24. The molecule has 0 fully saturated rings. The summed E-state index contributed by atoms with van der Waals surface area (Å²) >= 11 is 0. The minimum Gasteiger partial charge on any atom is -0.361 e. The number of hydrogen-bond donors (Lipinski definition) is 2. The van der Waals surface area contributed by atoms with E-state index in [9.17, 15) is 9.18 Å². The molecule has 0 spiro atoms. The third kappa shape index (κ3) is 2.99. The van der Waals surface area contributed by atoms with E-state index in [0.29, 0.717) is 25.3 Å². The monoisotopic (exact) mass is 375 g/mol. The molecular weight excluding hydrogens is 357 g/mol. The van der Waals surface area contributed by atoms with Crippen molar-refractivity contribution in [3.63, 3.8) is 0 Å². The lowest BCUT2D eigenvalue weighted by Gasteiger charge is -2.27. The Morgan fingerprint density at radius 2 is 2.18 bits per heavy atom. The molecule has 6 nitrogen and oxygen atoms in total. The maximum absolute atomic E-state index is 13.4. The molecule has 0 saturated carbocycles. The van der Waals surface area contributed by atoms with Crippen LogP contribution in [0.25, 0.3) is 22.3 Å². The standard InChI is InChI=1S/C21H18FN5O/c22-15-3-4-16-14(10-24-18(16)8-15)11-27-7-5-17-19(12-27)25-20(26-21(17)28)13-2-1-6-23-9-13/h1-4,6,8-10,24H,5,7,11-12H2,(H,25,26,28). The summed E-state index contributed by atoms with van der Waals surface area (Å²) in [4.78, 5) is 29.6. The molecule has 0 unspecified atom stereocenters. The normalized spacial score (nSPS) is 14.3. The minimum absolute atomic E-state index is 0.0777. The molecule has 0 bridgehead atoms. The number of hydrogen-bond acceptors (Lipinski definition) is 4. The molecule has 140 valence electrons. The SMILES string of the molecule is O=c1[nH]c(-c2cccnc2)nc2c1CCN(Cc1c[nH]c3cc(F)ccc13)C2. The Morgan fingerprint density at radius 3 is 3.04 bits per heavy atom. The number of aromatic nitrogens is 4. The van der Waals surface area contributed by atoms with E-state index in [4.69, 9.17) is 4.98 Å². The number of nitrogens with zero attached hydrogens (tertiary/aromatic N) is 3. The van der Waals surface area contributed by atoms with Gasteiger partial charge in [-0.3, -0.25) is 14.7 Å². The van der Waals surface area contributed by atoms with Gasteiger partial charge in [0, 0.05) is 60.3 Å². The third-order valence-electron chi connectivity index (χ3n) is 5.21. The van der Waals surface area contributed by atoms with E-state index in [1.165, 1.54) is 12.1 Å². The highest BCUT2D eigenvalue weighted by molar-refractivity contribution is 5.83. The molecule has 0 radical (unpaired) electrons. The zero-order valence-corrected chi connectivity index (χ0v) is 15.1. The van der Waals surface area contributed by atoms with Crippen molar-refractivity contribution in [1.82, 2.24) is 24.8 Å². The molecule has 5 rings (SSSR count). The molecular formula is C21H18FN5O. The summed E-state index contributed by atoms with van der Waals surface area (Å²) in [6, 6.07) is 8.49. The predicted molar refractivity (Wildman–Crippen MR) is 104 cm³/mol. The van der Waals surface area contributed by atoms with Crippen LogP contribution in [-0.2, 0) is 19.5 Å². The van der Waals surface area contributed by atoms with Gasteiger partial charge in [-0.05, 0) is 42.3 Å². The summed E-state index contributed by atoms with van der Waals surface area (Å²) in [6.45, 7) is 2.08. The molecule has 4 aromatic rings. The van der Waals surface area contributed by atoms with Crippen LogP contribution in [0.15, 0.2) is 53.7 Å². The quantitative estimate of drug-likeness (QED) is 0.577. The van der Waals surface area contributed by atoms with Gasteiger partial charge in [0.2, 0.25) is 0 Å². The Hall–Kier alpha value is -3.32. The first-order chi connectivity index (χ1) is 13.7. The van der Waals surface area contributed by atoms with Crippen LogP contribution in [-0.4, -0.2) is 31.4 Å². The van der Waals surface area contributed by atoms with E-state index in [-0.39, 0.29) is 11.4 Å². The third-order valence-corrected chi connectivity index (χ3v) is 5.21. The lowest BCUT2D eigenvalue weighted by atomic mass is 10.0. The molecule has 4 heterocycles. The second-order valence-corrected chi connectivity index (χ2v) is 7.05. The number of H-pyrrole nitrogens is 2. The Balaban J connectivity index is 1.44. The minimum atomic E-state index is -0.251. The first kappa shape index (κ1) is 16.8. The summed E-state index contributed by atoms with van der Waals surface area (Å²) in [7, 11) is 0. The van der Waals surface area contributed by atoms with Crippen molar-refractivity contribution in [1.29, 1.82) is 0 Å². The van der Waals surface area contributed by atoms with Gasteiger partial charge < -0.3 is 9.97 Å². The van der Waals surface area contributed by atoms with E-state index in [2.05, 4.69) is 19.9 Å². The van der Waals surface area contributed by atoms with Gasteiger partial charge in [-0.2, -0.15) is 0 Å². The maximum atomic E-state index is 13.4. The molecule has 1 aliphatic rings. The Labute approximate surface area is 160 Å². The topological polar surface area (TPSA) is 77.7 Å². The Morgan fingerprint density at radius 1 is 1.25 bits per heavy atom. The fourth-order valence-electron chi connectivity index (χ4n) is 3.80.